The summed E-state index contributed by atoms with van der Waals surface area (Å²) in [7, 11) is 0. The van der Waals surface area contributed by atoms with E-state index in [2.05, 4.69) is 16.8 Å². The van der Waals surface area contributed by atoms with Crippen LogP contribution in [-0.4, -0.2) is 30.1 Å². The standard InChI is InChI=1S/C14H21N3O2/c1-3-10-6-5-7-17(10)13-8-11(12(15)9-16-13)14(18)19-4-2/h8-10H,3-7,15H2,1-2H3. The molecular formula is C14H21N3O2. The lowest BCUT2D eigenvalue weighted by molar-refractivity contribution is 0.0527. The number of esters is 1. The molecule has 2 N–H and O–H groups in total. The molecule has 1 aromatic heterocycles. The maximum absolute atomic E-state index is 11.8. The number of nitrogens with two attached hydrogens (primary N) is 1. The molecule has 1 aliphatic heterocycles. The van der Waals surface area contributed by atoms with Crippen molar-refractivity contribution in [3.05, 3.63) is 17.8 Å². The third kappa shape index (κ3) is 2.80. The molecule has 0 aromatic carbocycles. The lowest BCUT2D eigenvalue weighted by atomic mass is 10.1. The normalized spacial score (nSPS) is 18.6. The van der Waals surface area contributed by atoms with Crippen LogP contribution in [0.2, 0.25) is 0 Å². The third-order valence-electron chi connectivity index (χ3n) is 3.56. The van der Waals surface area contributed by atoms with E-state index in [1.165, 1.54) is 12.8 Å². The summed E-state index contributed by atoms with van der Waals surface area (Å²) in [5.41, 5.74) is 6.59. The molecule has 5 heteroatoms. The molecule has 1 fully saturated rings. The topological polar surface area (TPSA) is 68.5 Å². The van der Waals surface area contributed by atoms with Crippen molar-refractivity contribution < 1.29 is 9.53 Å². The summed E-state index contributed by atoms with van der Waals surface area (Å²) in [6, 6.07) is 2.26. The van der Waals surface area contributed by atoms with Crippen molar-refractivity contribution in [1.29, 1.82) is 0 Å². The fourth-order valence-corrected chi connectivity index (χ4v) is 2.56. The summed E-state index contributed by atoms with van der Waals surface area (Å²) in [6.45, 7) is 5.28. The van der Waals surface area contributed by atoms with Gasteiger partial charge in [-0.1, -0.05) is 6.92 Å². The number of hydrogen-bond acceptors (Lipinski definition) is 5. The highest BCUT2D eigenvalue weighted by atomic mass is 16.5. The van der Waals surface area contributed by atoms with E-state index in [1.807, 2.05) is 0 Å². The van der Waals surface area contributed by atoms with Crippen LogP contribution in [0.25, 0.3) is 0 Å². The zero-order chi connectivity index (χ0) is 13.8. The molecule has 0 saturated carbocycles. The third-order valence-corrected chi connectivity index (χ3v) is 3.56. The van der Waals surface area contributed by atoms with E-state index in [4.69, 9.17) is 10.5 Å². The van der Waals surface area contributed by atoms with E-state index < -0.39 is 0 Å². The van der Waals surface area contributed by atoms with Crippen LogP contribution in [0.3, 0.4) is 0 Å². The smallest absolute Gasteiger partial charge is 0.340 e. The van der Waals surface area contributed by atoms with Gasteiger partial charge in [0.25, 0.3) is 0 Å². The van der Waals surface area contributed by atoms with Crippen LogP contribution in [0.4, 0.5) is 11.5 Å². The van der Waals surface area contributed by atoms with E-state index in [0.29, 0.717) is 23.9 Å². The summed E-state index contributed by atoms with van der Waals surface area (Å²) >= 11 is 0. The molecule has 1 aromatic rings. The van der Waals surface area contributed by atoms with Gasteiger partial charge in [-0.3, -0.25) is 0 Å². The van der Waals surface area contributed by atoms with Gasteiger partial charge in [0.1, 0.15) is 5.82 Å². The van der Waals surface area contributed by atoms with Gasteiger partial charge in [-0.05, 0) is 32.3 Å². The van der Waals surface area contributed by atoms with Crippen LogP contribution in [-0.2, 0) is 4.74 Å². The number of anilines is 2. The van der Waals surface area contributed by atoms with Crippen LogP contribution in [0, 0.1) is 0 Å². The van der Waals surface area contributed by atoms with E-state index in [0.717, 1.165) is 18.8 Å². The Morgan fingerprint density at radius 3 is 3.05 bits per heavy atom. The van der Waals surface area contributed by atoms with Gasteiger partial charge in [0.2, 0.25) is 0 Å². The van der Waals surface area contributed by atoms with Gasteiger partial charge in [-0.25, -0.2) is 9.78 Å². The summed E-state index contributed by atoms with van der Waals surface area (Å²) < 4.78 is 5.01. The van der Waals surface area contributed by atoms with Gasteiger partial charge < -0.3 is 15.4 Å². The first-order valence-corrected chi connectivity index (χ1v) is 6.86. The van der Waals surface area contributed by atoms with Crippen LogP contribution in [0.5, 0.6) is 0 Å². The van der Waals surface area contributed by atoms with Crippen molar-refractivity contribution in [2.24, 2.45) is 0 Å². The fraction of sp³-hybridized carbons (Fsp3) is 0.571. The first-order valence-electron chi connectivity index (χ1n) is 6.86. The highest BCUT2D eigenvalue weighted by Gasteiger charge is 2.25. The molecular weight excluding hydrogens is 242 g/mol. The highest BCUT2D eigenvalue weighted by Crippen LogP contribution is 2.27. The summed E-state index contributed by atoms with van der Waals surface area (Å²) in [4.78, 5) is 18.4. The molecule has 0 radical (unpaired) electrons. The van der Waals surface area contributed by atoms with Crippen LogP contribution in [0.15, 0.2) is 12.3 Å². The van der Waals surface area contributed by atoms with Crippen molar-refractivity contribution in [3.8, 4) is 0 Å². The fourth-order valence-electron chi connectivity index (χ4n) is 2.56. The number of aromatic nitrogens is 1. The molecule has 19 heavy (non-hydrogen) atoms. The molecule has 5 nitrogen and oxygen atoms in total. The van der Waals surface area contributed by atoms with Gasteiger partial charge >= 0.3 is 5.97 Å². The Morgan fingerprint density at radius 2 is 2.37 bits per heavy atom. The SMILES string of the molecule is CCOC(=O)c1cc(N2CCCC2CC)ncc1N. The van der Waals surface area contributed by atoms with Crippen molar-refractivity contribution >= 4 is 17.5 Å². The van der Waals surface area contributed by atoms with Crippen molar-refractivity contribution in [2.75, 3.05) is 23.8 Å². The predicted octanol–water partition coefficient (Wildman–Crippen LogP) is 2.22. The van der Waals surface area contributed by atoms with E-state index in [9.17, 15) is 4.79 Å². The zero-order valence-electron chi connectivity index (χ0n) is 11.6. The molecule has 104 valence electrons. The summed E-state index contributed by atoms with van der Waals surface area (Å²) in [5.74, 6) is 0.442. The minimum atomic E-state index is -0.379. The second-order valence-electron chi connectivity index (χ2n) is 4.75. The predicted molar refractivity (Wildman–Crippen MR) is 75.3 cm³/mol. The second-order valence-corrected chi connectivity index (χ2v) is 4.75. The van der Waals surface area contributed by atoms with Crippen molar-refractivity contribution in [1.82, 2.24) is 4.98 Å². The van der Waals surface area contributed by atoms with E-state index >= 15 is 0 Å². The minimum Gasteiger partial charge on any atom is -0.462 e. The minimum absolute atomic E-state index is 0.344. The lowest BCUT2D eigenvalue weighted by Crippen LogP contribution is -2.29. The molecule has 0 aliphatic carbocycles. The molecule has 0 spiro atoms. The Hall–Kier alpha value is -1.78. The zero-order valence-corrected chi connectivity index (χ0v) is 11.6. The van der Waals surface area contributed by atoms with Crippen LogP contribution >= 0.6 is 0 Å². The van der Waals surface area contributed by atoms with Crippen molar-refractivity contribution in [2.45, 2.75) is 39.2 Å². The number of hydrogen-bond donors (Lipinski definition) is 1. The molecule has 1 saturated heterocycles. The summed E-state index contributed by atoms with van der Waals surface area (Å²) in [6.07, 6.45) is 4.98. The van der Waals surface area contributed by atoms with Gasteiger partial charge in [-0.15, -0.1) is 0 Å². The van der Waals surface area contributed by atoms with Crippen LogP contribution < -0.4 is 10.6 Å². The molecule has 0 bridgehead atoms. The Bertz CT molecular complexity index is 462. The Morgan fingerprint density at radius 1 is 1.58 bits per heavy atom. The van der Waals surface area contributed by atoms with Crippen molar-refractivity contribution in [3.63, 3.8) is 0 Å². The number of ether oxygens (including phenoxy) is 1. The highest BCUT2D eigenvalue weighted by molar-refractivity contribution is 5.95. The maximum Gasteiger partial charge on any atom is 0.340 e. The molecule has 1 atom stereocenters. The lowest BCUT2D eigenvalue weighted by Gasteiger charge is -2.25. The van der Waals surface area contributed by atoms with Gasteiger partial charge in [-0.2, -0.15) is 0 Å². The number of rotatable bonds is 4. The van der Waals surface area contributed by atoms with Gasteiger partial charge in [0, 0.05) is 12.6 Å². The maximum atomic E-state index is 11.8. The number of nitrogens with zero attached hydrogens (tertiary/aromatic N) is 2. The van der Waals surface area contributed by atoms with Gasteiger partial charge in [0.05, 0.1) is 24.1 Å². The number of carbonyl (C=O) groups is 1. The Kier molecular flexibility index (Phi) is 4.24. The first-order chi connectivity index (χ1) is 9.17. The largest absolute Gasteiger partial charge is 0.462 e. The Balaban J connectivity index is 2.27. The quantitative estimate of drug-likeness (QED) is 0.844. The molecule has 1 aliphatic rings. The summed E-state index contributed by atoms with van der Waals surface area (Å²) in [5, 5.41) is 0. The van der Waals surface area contributed by atoms with Gasteiger partial charge in [0.15, 0.2) is 0 Å². The molecule has 2 rings (SSSR count). The molecule has 0 amide bonds. The average molecular weight is 263 g/mol. The number of nitrogen functional groups attached to an aromatic ring is 1. The molecule has 2 heterocycles. The Labute approximate surface area is 113 Å². The average Bonchev–Trinajstić information content (AvgIpc) is 2.88. The van der Waals surface area contributed by atoms with E-state index in [1.54, 1.807) is 19.2 Å². The number of pyridine rings is 1. The first kappa shape index (κ1) is 13.6. The molecule has 1 unspecified atom stereocenters. The van der Waals surface area contributed by atoms with Crippen LogP contribution in [0.1, 0.15) is 43.5 Å². The monoisotopic (exact) mass is 263 g/mol. The van der Waals surface area contributed by atoms with E-state index in [-0.39, 0.29) is 5.97 Å². The second kappa shape index (κ2) is 5.91. The number of carbonyl (C=O) groups excluding carboxylic acids is 1.